The van der Waals surface area contributed by atoms with Crippen LogP contribution in [0.1, 0.15) is 25.7 Å². The zero-order valence-electron chi connectivity index (χ0n) is 8.50. The van der Waals surface area contributed by atoms with E-state index in [4.69, 9.17) is 5.73 Å². The molecule has 2 N–H and O–H groups in total. The molecule has 5 heteroatoms. The number of rotatable bonds is 2. The van der Waals surface area contributed by atoms with Gasteiger partial charge in [-0.25, -0.2) is 8.78 Å². The molecule has 1 heterocycles. The average Bonchev–Trinajstić information content (AvgIpc) is 2.55. The Morgan fingerprint density at radius 2 is 2.33 bits per heavy atom. The van der Waals surface area contributed by atoms with Crippen LogP contribution in [-0.2, 0) is 6.54 Å². The van der Waals surface area contributed by atoms with Gasteiger partial charge in [0.1, 0.15) is 5.82 Å². The van der Waals surface area contributed by atoms with Crippen molar-refractivity contribution in [1.82, 2.24) is 9.78 Å². The van der Waals surface area contributed by atoms with Crippen LogP contribution in [0.2, 0.25) is 0 Å². The normalized spacial score (nSPS) is 25.3. The number of aromatic nitrogens is 2. The Bertz CT molecular complexity index is 335. The van der Waals surface area contributed by atoms with Crippen molar-refractivity contribution in [2.24, 2.45) is 5.92 Å². The number of hydrogen-bond donors (Lipinski definition) is 1. The van der Waals surface area contributed by atoms with E-state index in [-0.39, 0.29) is 13.0 Å². The highest BCUT2D eigenvalue weighted by atomic mass is 19.3. The predicted molar refractivity (Wildman–Crippen MR) is 53.5 cm³/mol. The molecular formula is C10H15F2N3. The lowest BCUT2D eigenvalue weighted by Crippen LogP contribution is -2.34. The molecule has 0 aromatic carbocycles. The lowest BCUT2D eigenvalue weighted by atomic mass is 9.85. The summed E-state index contributed by atoms with van der Waals surface area (Å²) in [6, 6.07) is 1.63. The van der Waals surface area contributed by atoms with Gasteiger partial charge in [0, 0.05) is 25.1 Å². The van der Waals surface area contributed by atoms with Crippen LogP contribution in [0.3, 0.4) is 0 Å². The molecule has 1 aromatic rings. The highest BCUT2D eigenvalue weighted by Gasteiger charge is 2.41. The summed E-state index contributed by atoms with van der Waals surface area (Å²) >= 11 is 0. The van der Waals surface area contributed by atoms with E-state index in [1.165, 1.54) is 4.68 Å². The van der Waals surface area contributed by atoms with Gasteiger partial charge in [-0.1, -0.05) is 6.42 Å². The molecular weight excluding hydrogens is 200 g/mol. The third-order valence-corrected chi connectivity index (χ3v) is 2.98. The van der Waals surface area contributed by atoms with Gasteiger partial charge in [0.25, 0.3) is 5.92 Å². The van der Waals surface area contributed by atoms with Crippen molar-refractivity contribution < 1.29 is 8.78 Å². The van der Waals surface area contributed by atoms with Crippen molar-refractivity contribution in [1.29, 1.82) is 0 Å². The fraction of sp³-hybridized carbons (Fsp3) is 0.700. The molecule has 15 heavy (non-hydrogen) atoms. The van der Waals surface area contributed by atoms with Crippen molar-refractivity contribution in [3.05, 3.63) is 12.3 Å². The lowest BCUT2D eigenvalue weighted by Gasteiger charge is -2.31. The molecule has 1 atom stereocenters. The first-order valence-corrected chi connectivity index (χ1v) is 5.25. The minimum absolute atomic E-state index is 0.00835. The van der Waals surface area contributed by atoms with Crippen molar-refractivity contribution >= 4 is 5.82 Å². The fourth-order valence-corrected chi connectivity index (χ4v) is 2.10. The zero-order valence-corrected chi connectivity index (χ0v) is 8.50. The molecule has 0 spiro atoms. The Labute approximate surface area is 87.3 Å². The van der Waals surface area contributed by atoms with Crippen LogP contribution < -0.4 is 5.73 Å². The largest absolute Gasteiger partial charge is 0.382 e. The Kier molecular flexibility index (Phi) is 2.63. The van der Waals surface area contributed by atoms with Gasteiger partial charge >= 0.3 is 0 Å². The molecule has 0 bridgehead atoms. The van der Waals surface area contributed by atoms with Gasteiger partial charge in [-0.3, -0.25) is 4.68 Å². The minimum Gasteiger partial charge on any atom is -0.382 e. The number of nitrogens with zero attached hydrogens (tertiary/aromatic N) is 2. The SMILES string of the molecule is Nc1ccn(CC2CCCCC2(F)F)n1. The molecule has 1 aromatic heterocycles. The van der Waals surface area contributed by atoms with E-state index in [1.54, 1.807) is 12.3 Å². The molecule has 84 valence electrons. The van der Waals surface area contributed by atoms with Gasteiger partial charge < -0.3 is 5.73 Å². The Morgan fingerprint density at radius 1 is 1.53 bits per heavy atom. The summed E-state index contributed by atoms with van der Waals surface area (Å²) in [5.74, 6) is -2.75. The number of hydrogen-bond acceptors (Lipinski definition) is 2. The monoisotopic (exact) mass is 215 g/mol. The predicted octanol–water partition coefficient (Wildman–Crippen LogP) is 2.29. The van der Waals surface area contributed by atoms with Crippen LogP contribution in [0.5, 0.6) is 0 Å². The first-order chi connectivity index (χ1) is 7.08. The molecule has 3 nitrogen and oxygen atoms in total. The van der Waals surface area contributed by atoms with Crippen LogP contribution in [-0.4, -0.2) is 15.7 Å². The first-order valence-electron chi connectivity index (χ1n) is 5.25. The molecule has 1 aliphatic rings. The Hall–Kier alpha value is -1.13. The van der Waals surface area contributed by atoms with Crippen LogP contribution in [0, 0.1) is 5.92 Å². The summed E-state index contributed by atoms with van der Waals surface area (Å²) in [6.45, 7) is 0.268. The maximum atomic E-state index is 13.5. The van der Waals surface area contributed by atoms with E-state index >= 15 is 0 Å². The topological polar surface area (TPSA) is 43.8 Å². The molecule has 1 saturated carbocycles. The second-order valence-corrected chi connectivity index (χ2v) is 4.17. The number of halogens is 2. The quantitative estimate of drug-likeness (QED) is 0.822. The molecule has 1 fully saturated rings. The number of alkyl halides is 2. The van der Waals surface area contributed by atoms with Gasteiger partial charge in [-0.2, -0.15) is 5.10 Å². The summed E-state index contributed by atoms with van der Waals surface area (Å²) in [7, 11) is 0. The Balaban J connectivity index is 2.04. The van der Waals surface area contributed by atoms with Crippen LogP contribution >= 0.6 is 0 Å². The Morgan fingerprint density at radius 3 is 2.93 bits per heavy atom. The maximum Gasteiger partial charge on any atom is 0.252 e. The average molecular weight is 215 g/mol. The van der Waals surface area contributed by atoms with Gasteiger partial charge in [-0.15, -0.1) is 0 Å². The van der Waals surface area contributed by atoms with Crippen molar-refractivity contribution in [3.63, 3.8) is 0 Å². The van der Waals surface area contributed by atoms with Gasteiger partial charge in [0.2, 0.25) is 0 Å². The molecule has 1 unspecified atom stereocenters. The van der Waals surface area contributed by atoms with Gasteiger partial charge in [0.05, 0.1) is 0 Å². The summed E-state index contributed by atoms with van der Waals surface area (Å²) in [5.41, 5.74) is 5.43. The van der Waals surface area contributed by atoms with Gasteiger partial charge in [0.15, 0.2) is 0 Å². The summed E-state index contributed by atoms with van der Waals surface area (Å²) in [5, 5.41) is 3.93. The molecule has 0 amide bonds. The highest BCUT2D eigenvalue weighted by molar-refractivity contribution is 5.23. The molecule has 1 aliphatic carbocycles. The lowest BCUT2D eigenvalue weighted by molar-refractivity contribution is -0.0918. The standard InChI is InChI=1S/C10H15F2N3/c11-10(12)5-2-1-3-8(10)7-15-6-4-9(13)14-15/h4,6,8H,1-3,5,7H2,(H2,13,14). The van der Waals surface area contributed by atoms with E-state index < -0.39 is 11.8 Å². The highest BCUT2D eigenvalue weighted by Crippen LogP contribution is 2.39. The van der Waals surface area contributed by atoms with E-state index in [0.29, 0.717) is 18.7 Å². The molecule has 2 rings (SSSR count). The smallest absolute Gasteiger partial charge is 0.252 e. The van der Waals surface area contributed by atoms with E-state index in [9.17, 15) is 8.78 Å². The molecule has 0 aliphatic heterocycles. The first kappa shape index (κ1) is 10.4. The second-order valence-electron chi connectivity index (χ2n) is 4.17. The molecule has 0 radical (unpaired) electrons. The number of anilines is 1. The van der Waals surface area contributed by atoms with Crippen molar-refractivity contribution in [3.8, 4) is 0 Å². The van der Waals surface area contributed by atoms with E-state index in [2.05, 4.69) is 5.10 Å². The van der Waals surface area contributed by atoms with Crippen molar-refractivity contribution in [2.75, 3.05) is 5.73 Å². The maximum absolute atomic E-state index is 13.5. The van der Waals surface area contributed by atoms with E-state index in [0.717, 1.165) is 6.42 Å². The summed E-state index contributed by atoms with van der Waals surface area (Å²) in [6.07, 6.45) is 3.75. The number of nitrogen functional groups attached to an aromatic ring is 1. The van der Waals surface area contributed by atoms with Crippen molar-refractivity contribution in [2.45, 2.75) is 38.2 Å². The van der Waals surface area contributed by atoms with E-state index in [1.807, 2.05) is 0 Å². The third kappa shape index (κ3) is 2.27. The second kappa shape index (κ2) is 3.79. The van der Waals surface area contributed by atoms with Gasteiger partial charge in [-0.05, 0) is 18.9 Å². The summed E-state index contributed by atoms with van der Waals surface area (Å²) < 4.78 is 28.5. The molecule has 0 saturated heterocycles. The van der Waals surface area contributed by atoms with Crippen LogP contribution in [0.25, 0.3) is 0 Å². The minimum atomic E-state index is -2.54. The third-order valence-electron chi connectivity index (χ3n) is 2.98. The number of nitrogens with two attached hydrogens (primary N) is 1. The van der Waals surface area contributed by atoms with Crippen LogP contribution in [0.15, 0.2) is 12.3 Å². The zero-order chi connectivity index (χ0) is 10.9. The fourth-order valence-electron chi connectivity index (χ4n) is 2.10. The summed E-state index contributed by atoms with van der Waals surface area (Å²) in [4.78, 5) is 0. The van der Waals surface area contributed by atoms with Crippen LogP contribution in [0.4, 0.5) is 14.6 Å².